The van der Waals surface area contributed by atoms with Gasteiger partial charge in [0.05, 0.1) is 12.7 Å². The van der Waals surface area contributed by atoms with Crippen molar-refractivity contribution >= 4 is 50.7 Å². The van der Waals surface area contributed by atoms with Gasteiger partial charge in [-0.3, -0.25) is 4.79 Å². The number of hydrogen-bond donors (Lipinski definition) is 2. The molecule has 0 aliphatic heterocycles. The van der Waals surface area contributed by atoms with Crippen molar-refractivity contribution < 1.29 is 22.7 Å². The van der Waals surface area contributed by atoms with Gasteiger partial charge in [0, 0.05) is 5.69 Å². The molecule has 10 heteroatoms. The van der Waals surface area contributed by atoms with Crippen molar-refractivity contribution in [2.24, 2.45) is 0 Å². The van der Waals surface area contributed by atoms with Gasteiger partial charge in [0.1, 0.15) is 10.3 Å². The van der Waals surface area contributed by atoms with Gasteiger partial charge in [-0.15, -0.1) is 11.3 Å². The molecule has 2 aromatic rings. The van der Waals surface area contributed by atoms with Crippen molar-refractivity contribution in [3.05, 3.63) is 47.3 Å². The lowest BCUT2D eigenvalue weighted by molar-refractivity contribution is -0.117. The largest absolute Gasteiger partial charge is 0.465 e. The molecule has 2 rings (SSSR count). The van der Waals surface area contributed by atoms with E-state index >= 15 is 0 Å². The van der Waals surface area contributed by atoms with Gasteiger partial charge < -0.3 is 10.1 Å². The number of thioether (sulfide) groups is 1. The molecule has 0 fully saturated rings. The van der Waals surface area contributed by atoms with Gasteiger partial charge >= 0.3 is 5.97 Å². The molecule has 146 valence electrons. The van der Waals surface area contributed by atoms with Gasteiger partial charge in [0.2, 0.25) is 5.91 Å². The number of anilines is 1. The summed E-state index contributed by atoms with van der Waals surface area (Å²) in [7, 11) is -2.48. The molecule has 1 aromatic heterocycles. The molecule has 0 spiro atoms. The molecule has 0 aliphatic carbocycles. The fourth-order valence-corrected chi connectivity index (χ4v) is 4.89. The highest BCUT2D eigenvalue weighted by Gasteiger charge is 2.26. The number of thiophene rings is 1. The summed E-state index contributed by atoms with van der Waals surface area (Å²) < 4.78 is 32.1. The van der Waals surface area contributed by atoms with E-state index in [1.54, 1.807) is 23.6 Å². The van der Waals surface area contributed by atoms with Crippen LogP contribution in [0.3, 0.4) is 0 Å². The van der Waals surface area contributed by atoms with Crippen LogP contribution < -0.4 is 10.0 Å². The van der Waals surface area contributed by atoms with Crippen LogP contribution in [0.1, 0.15) is 16.8 Å². The van der Waals surface area contributed by atoms with Gasteiger partial charge in [0.15, 0.2) is 0 Å². The third kappa shape index (κ3) is 6.06. The number of nitrogens with one attached hydrogen (secondary N) is 2. The van der Waals surface area contributed by atoms with Crippen molar-refractivity contribution in [1.29, 1.82) is 0 Å². The highest BCUT2D eigenvalue weighted by atomic mass is 32.2. The Morgan fingerprint density at radius 1 is 1.22 bits per heavy atom. The zero-order valence-electron chi connectivity index (χ0n) is 14.8. The Hall–Kier alpha value is -1.88. The highest BCUT2D eigenvalue weighted by Crippen LogP contribution is 2.18. The number of amides is 1. The first-order valence-corrected chi connectivity index (χ1v) is 11.7. The molecule has 0 saturated carbocycles. The van der Waals surface area contributed by atoms with Crippen LogP contribution in [0.2, 0.25) is 0 Å². The second-order valence-corrected chi connectivity index (χ2v) is 9.32. The maximum Gasteiger partial charge on any atom is 0.337 e. The first-order chi connectivity index (χ1) is 12.9. The summed E-state index contributed by atoms with van der Waals surface area (Å²) in [4.78, 5) is 24.1. The minimum Gasteiger partial charge on any atom is -0.465 e. The lowest BCUT2D eigenvalue weighted by Gasteiger charge is -2.18. The molecule has 1 aromatic carbocycles. The van der Waals surface area contributed by atoms with Crippen molar-refractivity contribution in [2.45, 2.75) is 16.7 Å². The molecular formula is C17H20N2O5S3. The van der Waals surface area contributed by atoms with E-state index in [1.165, 1.54) is 37.1 Å². The molecule has 0 unspecified atom stereocenters. The van der Waals surface area contributed by atoms with Crippen LogP contribution in [0.4, 0.5) is 5.69 Å². The number of hydrogen-bond acceptors (Lipinski definition) is 7. The summed E-state index contributed by atoms with van der Waals surface area (Å²) >= 11 is 2.61. The summed E-state index contributed by atoms with van der Waals surface area (Å²) in [6.45, 7) is 0. The number of carbonyl (C=O) groups is 2. The number of sulfonamides is 1. The number of ether oxygens (including phenoxy) is 1. The molecule has 1 amide bonds. The van der Waals surface area contributed by atoms with Crippen LogP contribution in [0.25, 0.3) is 0 Å². The summed E-state index contributed by atoms with van der Waals surface area (Å²) in [6, 6.07) is 8.38. The maximum absolute atomic E-state index is 12.6. The second-order valence-electron chi connectivity index (χ2n) is 5.45. The minimum absolute atomic E-state index is 0.159. The number of benzene rings is 1. The maximum atomic E-state index is 12.6. The summed E-state index contributed by atoms with van der Waals surface area (Å²) in [5, 5.41) is 4.34. The van der Waals surface area contributed by atoms with Crippen LogP contribution in [-0.2, 0) is 19.6 Å². The number of rotatable bonds is 9. The lowest BCUT2D eigenvalue weighted by Crippen LogP contribution is -2.43. The Kier molecular flexibility index (Phi) is 7.84. The van der Waals surface area contributed by atoms with Crippen molar-refractivity contribution in [3.63, 3.8) is 0 Å². The fraction of sp³-hybridized carbons (Fsp3) is 0.294. The van der Waals surface area contributed by atoms with Gasteiger partial charge in [-0.1, -0.05) is 6.07 Å². The summed E-state index contributed by atoms with van der Waals surface area (Å²) in [6.07, 6.45) is 2.23. The van der Waals surface area contributed by atoms with E-state index in [-0.39, 0.29) is 4.21 Å². The van der Waals surface area contributed by atoms with Gasteiger partial charge in [-0.2, -0.15) is 16.5 Å². The molecule has 27 heavy (non-hydrogen) atoms. The van der Waals surface area contributed by atoms with Crippen molar-refractivity contribution in [1.82, 2.24) is 4.72 Å². The third-order valence-corrected chi connectivity index (χ3v) is 7.07. The van der Waals surface area contributed by atoms with Crippen molar-refractivity contribution in [2.75, 3.05) is 24.4 Å². The summed E-state index contributed by atoms with van der Waals surface area (Å²) in [5.74, 6) is -0.323. The van der Waals surface area contributed by atoms with Crippen LogP contribution >= 0.6 is 23.1 Å². The minimum atomic E-state index is -3.77. The molecule has 1 atom stereocenters. The van der Waals surface area contributed by atoms with E-state index in [0.29, 0.717) is 23.4 Å². The van der Waals surface area contributed by atoms with Crippen LogP contribution in [0.5, 0.6) is 0 Å². The Bertz CT molecular complexity index is 864. The van der Waals surface area contributed by atoms with E-state index in [4.69, 9.17) is 0 Å². The molecule has 1 heterocycles. The van der Waals surface area contributed by atoms with E-state index in [0.717, 1.165) is 11.3 Å². The van der Waals surface area contributed by atoms with Gasteiger partial charge in [-0.25, -0.2) is 13.2 Å². The topological polar surface area (TPSA) is 102 Å². The van der Waals surface area contributed by atoms with E-state index in [2.05, 4.69) is 14.8 Å². The monoisotopic (exact) mass is 428 g/mol. The molecule has 0 bridgehead atoms. The molecular weight excluding hydrogens is 408 g/mol. The van der Waals surface area contributed by atoms with Crippen LogP contribution in [0.15, 0.2) is 46.0 Å². The second kappa shape index (κ2) is 9.88. The quantitative estimate of drug-likeness (QED) is 0.595. The number of methoxy groups -OCH3 is 1. The predicted octanol–water partition coefficient (Wildman–Crippen LogP) is 2.57. The highest BCUT2D eigenvalue weighted by molar-refractivity contribution is 7.98. The third-order valence-electron chi connectivity index (χ3n) is 3.56. The standard InChI is InChI=1S/C17H20N2O5S3/c1-24-17(21)12-5-7-13(8-6-12)18-16(20)14(9-11-25-2)19-27(22,23)15-4-3-10-26-15/h3-8,10,14,19H,9,11H2,1-2H3,(H,18,20)/t14-/m0/s1. The smallest absolute Gasteiger partial charge is 0.337 e. The number of esters is 1. The summed E-state index contributed by atoms with van der Waals surface area (Å²) in [5.41, 5.74) is 0.810. The van der Waals surface area contributed by atoms with Crippen LogP contribution in [-0.4, -0.2) is 45.5 Å². The SMILES string of the molecule is COC(=O)c1ccc(NC(=O)[C@H](CCSC)NS(=O)(=O)c2cccs2)cc1. The lowest BCUT2D eigenvalue weighted by atomic mass is 10.2. The molecule has 0 aliphatic rings. The normalized spacial score (nSPS) is 12.4. The predicted molar refractivity (Wildman–Crippen MR) is 108 cm³/mol. The van der Waals surface area contributed by atoms with Gasteiger partial charge in [-0.05, 0) is 54.1 Å². The Morgan fingerprint density at radius 2 is 1.93 bits per heavy atom. The average molecular weight is 429 g/mol. The van der Waals surface area contributed by atoms with E-state index in [1.807, 2.05) is 6.26 Å². The first kappa shape index (κ1) is 21.4. The molecule has 2 N–H and O–H groups in total. The zero-order chi connectivity index (χ0) is 19.9. The molecule has 0 radical (unpaired) electrons. The Balaban J connectivity index is 2.11. The number of carbonyl (C=O) groups excluding carboxylic acids is 2. The van der Waals surface area contributed by atoms with E-state index in [9.17, 15) is 18.0 Å². The fourth-order valence-electron chi connectivity index (χ4n) is 2.18. The van der Waals surface area contributed by atoms with E-state index < -0.39 is 27.9 Å². The Morgan fingerprint density at radius 3 is 2.48 bits per heavy atom. The molecule has 7 nitrogen and oxygen atoms in total. The Labute approximate surface area is 166 Å². The van der Waals surface area contributed by atoms with Crippen molar-refractivity contribution in [3.8, 4) is 0 Å². The van der Waals surface area contributed by atoms with Gasteiger partial charge in [0.25, 0.3) is 10.0 Å². The average Bonchev–Trinajstić information content (AvgIpc) is 3.20. The van der Waals surface area contributed by atoms with Crippen LogP contribution in [0, 0.1) is 0 Å². The zero-order valence-corrected chi connectivity index (χ0v) is 17.2. The first-order valence-electron chi connectivity index (χ1n) is 7.91. The molecule has 0 saturated heterocycles.